The molecule has 0 unspecified atom stereocenters. The van der Waals surface area contributed by atoms with Gasteiger partial charge in [0.15, 0.2) is 11.7 Å². The third-order valence-corrected chi connectivity index (χ3v) is 4.39. The highest BCUT2D eigenvalue weighted by atomic mass is 16.6. The lowest BCUT2D eigenvalue weighted by Crippen LogP contribution is -2.50. The van der Waals surface area contributed by atoms with Gasteiger partial charge in [0.25, 0.3) is 0 Å². The summed E-state index contributed by atoms with van der Waals surface area (Å²) >= 11 is 0. The van der Waals surface area contributed by atoms with Crippen LogP contribution in [0.15, 0.2) is 43.0 Å². The molecule has 1 saturated heterocycles. The van der Waals surface area contributed by atoms with Crippen LogP contribution in [-0.2, 0) is 28.6 Å². The number of hydrogen-bond donors (Lipinski definition) is 0. The van der Waals surface area contributed by atoms with Crippen molar-refractivity contribution in [3.63, 3.8) is 0 Å². The van der Waals surface area contributed by atoms with Gasteiger partial charge in [-0.3, -0.25) is 19.3 Å². The molecule has 1 fully saturated rings. The summed E-state index contributed by atoms with van der Waals surface area (Å²) in [6.45, 7) is 3.43. The number of ketones is 1. The highest BCUT2D eigenvalue weighted by Crippen LogP contribution is 2.34. The molecule has 2 atom stereocenters. The van der Waals surface area contributed by atoms with Crippen molar-refractivity contribution in [2.24, 2.45) is 5.92 Å². The number of esters is 2. The van der Waals surface area contributed by atoms with Gasteiger partial charge in [-0.1, -0.05) is 36.9 Å². The van der Waals surface area contributed by atoms with Gasteiger partial charge in [0.1, 0.15) is 6.61 Å². The molecule has 0 aliphatic carbocycles. The van der Waals surface area contributed by atoms with Crippen molar-refractivity contribution in [2.45, 2.75) is 18.5 Å². The van der Waals surface area contributed by atoms with E-state index in [1.165, 1.54) is 4.90 Å². The number of methoxy groups -OCH3 is 2. The van der Waals surface area contributed by atoms with E-state index in [2.05, 4.69) is 6.58 Å². The highest BCUT2D eigenvalue weighted by Gasteiger charge is 2.48. The smallest absolute Gasteiger partial charge is 0.410 e. The number of allylic oxidation sites excluding steroid dienone is 1. The molecule has 27 heavy (non-hydrogen) atoms. The number of hydrogen-bond acceptors (Lipinski definition) is 7. The minimum atomic E-state index is -1.50. The largest absolute Gasteiger partial charge is 0.468 e. The number of benzene rings is 1. The summed E-state index contributed by atoms with van der Waals surface area (Å²) < 4.78 is 14.6. The fourth-order valence-electron chi connectivity index (χ4n) is 3.06. The Morgan fingerprint density at radius 2 is 1.81 bits per heavy atom. The first-order valence-electron chi connectivity index (χ1n) is 8.25. The van der Waals surface area contributed by atoms with E-state index in [4.69, 9.17) is 14.2 Å². The molecule has 1 heterocycles. The van der Waals surface area contributed by atoms with Crippen molar-refractivity contribution in [1.82, 2.24) is 4.90 Å². The van der Waals surface area contributed by atoms with Crippen LogP contribution >= 0.6 is 0 Å². The summed E-state index contributed by atoms with van der Waals surface area (Å²) in [6, 6.07) is 7.26. The fourth-order valence-corrected chi connectivity index (χ4v) is 3.06. The number of carbonyl (C=O) groups excluding carboxylic acids is 4. The Labute approximate surface area is 156 Å². The number of cyclic esters (lactones) is 1. The first kappa shape index (κ1) is 20.2. The van der Waals surface area contributed by atoms with E-state index in [0.29, 0.717) is 0 Å². The van der Waals surface area contributed by atoms with E-state index in [0.717, 1.165) is 25.9 Å². The lowest BCUT2D eigenvalue weighted by molar-refractivity contribution is -0.162. The molecule has 8 nitrogen and oxygen atoms in total. The monoisotopic (exact) mass is 375 g/mol. The number of ether oxygens (including phenoxy) is 3. The van der Waals surface area contributed by atoms with E-state index >= 15 is 0 Å². The zero-order valence-corrected chi connectivity index (χ0v) is 15.1. The Morgan fingerprint density at radius 1 is 1.22 bits per heavy atom. The molecule has 1 aliphatic rings. The lowest BCUT2D eigenvalue weighted by Gasteiger charge is -2.33. The molecule has 1 aromatic rings. The van der Waals surface area contributed by atoms with Gasteiger partial charge in [-0.25, -0.2) is 4.79 Å². The quantitative estimate of drug-likeness (QED) is 0.295. The first-order chi connectivity index (χ1) is 12.9. The summed E-state index contributed by atoms with van der Waals surface area (Å²) in [6.07, 6.45) is 0.0254. The minimum absolute atomic E-state index is 0.0245. The van der Waals surface area contributed by atoms with E-state index < -0.39 is 41.8 Å². The second kappa shape index (κ2) is 8.98. The van der Waals surface area contributed by atoms with Crippen molar-refractivity contribution in [3.8, 4) is 0 Å². The summed E-state index contributed by atoms with van der Waals surface area (Å²) in [5, 5.41) is 0. The van der Waals surface area contributed by atoms with Crippen LogP contribution in [0.2, 0.25) is 0 Å². The van der Waals surface area contributed by atoms with Gasteiger partial charge in [0.2, 0.25) is 0 Å². The summed E-state index contributed by atoms with van der Waals surface area (Å²) in [5.41, 5.74) is 0.743. The zero-order chi connectivity index (χ0) is 20.0. The van der Waals surface area contributed by atoms with Gasteiger partial charge >= 0.3 is 18.0 Å². The molecule has 1 aromatic carbocycles. The Morgan fingerprint density at radius 3 is 2.33 bits per heavy atom. The molecule has 8 heteroatoms. The lowest BCUT2D eigenvalue weighted by atomic mass is 9.91. The van der Waals surface area contributed by atoms with Gasteiger partial charge in [0.05, 0.1) is 26.3 Å². The van der Waals surface area contributed by atoms with Crippen LogP contribution in [0.1, 0.15) is 18.0 Å². The Kier molecular flexibility index (Phi) is 6.70. The van der Waals surface area contributed by atoms with Crippen LogP contribution in [0.4, 0.5) is 4.79 Å². The summed E-state index contributed by atoms with van der Waals surface area (Å²) in [7, 11) is 2.23. The maximum Gasteiger partial charge on any atom is 0.410 e. The van der Waals surface area contributed by atoms with Crippen LogP contribution in [0.5, 0.6) is 0 Å². The molecule has 1 amide bonds. The summed E-state index contributed by atoms with van der Waals surface area (Å²) in [5.74, 6) is -3.75. The average molecular weight is 375 g/mol. The van der Waals surface area contributed by atoms with Crippen LogP contribution in [-0.4, -0.2) is 55.6 Å². The van der Waals surface area contributed by atoms with Gasteiger partial charge < -0.3 is 14.2 Å². The molecular weight excluding hydrogens is 354 g/mol. The molecular formula is C19H21NO7. The van der Waals surface area contributed by atoms with Gasteiger partial charge in [-0.05, 0) is 11.6 Å². The maximum absolute atomic E-state index is 12.5. The van der Waals surface area contributed by atoms with E-state index in [-0.39, 0.29) is 13.0 Å². The van der Waals surface area contributed by atoms with Crippen molar-refractivity contribution < 1.29 is 33.4 Å². The predicted molar refractivity (Wildman–Crippen MR) is 93.5 cm³/mol. The normalized spacial score (nSPS) is 17.2. The maximum atomic E-state index is 12.5. The zero-order valence-electron chi connectivity index (χ0n) is 15.1. The fraction of sp³-hybridized carbons (Fsp3) is 0.368. The molecule has 0 saturated carbocycles. The van der Waals surface area contributed by atoms with Gasteiger partial charge in [-0.2, -0.15) is 0 Å². The van der Waals surface area contributed by atoms with Gasteiger partial charge in [-0.15, -0.1) is 0 Å². The number of carbonyl (C=O) groups is 4. The summed E-state index contributed by atoms with van der Waals surface area (Å²) in [4.78, 5) is 50.3. The number of rotatable bonds is 8. The second-order valence-corrected chi connectivity index (χ2v) is 5.88. The Hall–Kier alpha value is -3.16. The Bertz CT molecular complexity index is 715. The van der Waals surface area contributed by atoms with Crippen LogP contribution in [0.25, 0.3) is 0 Å². The molecule has 144 valence electrons. The standard InChI is InChI=1S/C19H21NO7/c1-4-13(21)10-14(16(17(22)25-2)18(23)26-3)20-15(11-27-19(20)24)12-8-6-5-7-9-12/h4-9,14-16H,1,10-11H2,2-3H3/t14-,15+/m0/s1. The van der Waals surface area contributed by atoms with Crippen LogP contribution in [0, 0.1) is 5.92 Å². The molecule has 1 aliphatic heterocycles. The second-order valence-electron chi connectivity index (χ2n) is 5.88. The topological polar surface area (TPSA) is 99.2 Å². The van der Waals surface area contributed by atoms with Crippen molar-refractivity contribution in [2.75, 3.05) is 20.8 Å². The first-order valence-corrected chi connectivity index (χ1v) is 8.25. The van der Waals surface area contributed by atoms with Crippen molar-refractivity contribution in [3.05, 3.63) is 48.6 Å². The van der Waals surface area contributed by atoms with E-state index in [9.17, 15) is 19.2 Å². The van der Waals surface area contributed by atoms with E-state index in [1.54, 1.807) is 24.3 Å². The third-order valence-electron chi connectivity index (χ3n) is 4.39. The third kappa shape index (κ3) is 4.33. The molecule has 0 aromatic heterocycles. The molecule has 0 N–H and O–H groups in total. The SMILES string of the molecule is C=CC(=O)C[C@@H](C(C(=O)OC)C(=O)OC)N1C(=O)OC[C@@H]1c1ccccc1. The van der Waals surface area contributed by atoms with Crippen molar-refractivity contribution >= 4 is 23.8 Å². The molecule has 0 bridgehead atoms. The van der Waals surface area contributed by atoms with E-state index in [1.807, 2.05) is 6.07 Å². The minimum Gasteiger partial charge on any atom is -0.468 e. The predicted octanol–water partition coefficient (Wildman–Crippen LogP) is 1.66. The number of nitrogens with zero attached hydrogens (tertiary/aromatic N) is 1. The average Bonchev–Trinajstić information content (AvgIpc) is 3.08. The van der Waals surface area contributed by atoms with Gasteiger partial charge in [0, 0.05) is 6.42 Å². The molecule has 2 rings (SSSR count). The number of amides is 1. The van der Waals surface area contributed by atoms with Crippen molar-refractivity contribution in [1.29, 1.82) is 0 Å². The Balaban J connectivity index is 2.51. The molecule has 0 spiro atoms. The molecule has 0 radical (unpaired) electrons. The van der Waals surface area contributed by atoms with Crippen LogP contribution in [0.3, 0.4) is 0 Å². The van der Waals surface area contributed by atoms with Crippen LogP contribution < -0.4 is 0 Å². The highest BCUT2D eigenvalue weighted by molar-refractivity contribution is 5.98.